The van der Waals surface area contributed by atoms with Crippen molar-refractivity contribution in [2.75, 3.05) is 7.11 Å². The van der Waals surface area contributed by atoms with E-state index in [9.17, 15) is 0 Å². The number of hydrogen-bond donors (Lipinski definition) is 0. The van der Waals surface area contributed by atoms with Gasteiger partial charge < -0.3 is 13.7 Å². The average Bonchev–Trinajstić information content (AvgIpc) is 3.06. The number of nitrogens with zero attached hydrogens (tertiary/aromatic N) is 4. The zero-order valence-electron chi connectivity index (χ0n) is 19.0. The Morgan fingerprint density at radius 1 is 1.11 bits per heavy atom. The van der Waals surface area contributed by atoms with Gasteiger partial charge in [-0.25, -0.2) is 9.97 Å². The number of fused-ring (bicyclic) bond motifs is 1. The molecule has 2 atom stereocenters. The van der Waals surface area contributed by atoms with Crippen molar-refractivity contribution in [1.82, 2.24) is 19.5 Å². The summed E-state index contributed by atoms with van der Waals surface area (Å²) in [6.07, 6.45) is 9.53. The quantitative estimate of drug-likeness (QED) is 0.371. The molecule has 158 valence electrons. The molecule has 2 aromatic heterocycles. The first-order chi connectivity index (χ1) is 13.1. The third-order valence-electron chi connectivity index (χ3n) is 6.09. The molecule has 0 fully saturated rings. The van der Waals surface area contributed by atoms with Crippen LogP contribution in [0.3, 0.4) is 0 Å². The molecule has 2 rings (SSSR count). The highest BCUT2D eigenvalue weighted by Crippen LogP contribution is 2.39. The van der Waals surface area contributed by atoms with Crippen LogP contribution in [0.5, 0.6) is 5.88 Å². The van der Waals surface area contributed by atoms with Crippen molar-refractivity contribution < 1.29 is 9.16 Å². The van der Waals surface area contributed by atoms with E-state index in [1.807, 2.05) is 6.33 Å². The molecule has 0 spiro atoms. The van der Waals surface area contributed by atoms with E-state index < -0.39 is 8.32 Å². The molecule has 7 heteroatoms. The van der Waals surface area contributed by atoms with Gasteiger partial charge in [0.15, 0.2) is 19.5 Å². The molecule has 0 aliphatic carbocycles. The first-order valence-electron chi connectivity index (χ1n) is 10.5. The molecule has 0 amide bonds. The number of unbranched alkanes of at least 4 members (excludes halogenated alkanes) is 3. The van der Waals surface area contributed by atoms with Crippen molar-refractivity contribution in [2.24, 2.45) is 0 Å². The summed E-state index contributed by atoms with van der Waals surface area (Å²) in [6.45, 7) is 16.0. The summed E-state index contributed by atoms with van der Waals surface area (Å²) in [5.41, 5.74) is 1.51. The van der Waals surface area contributed by atoms with E-state index in [1.54, 1.807) is 7.11 Å². The minimum absolute atomic E-state index is 0.135. The van der Waals surface area contributed by atoms with Gasteiger partial charge in [-0.3, -0.25) is 0 Å². The number of rotatable bonds is 10. The van der Waals surface area contributed by atoms with E-state index in [2.05, 4.69) is 67.2 Å². The predicted octanol–water partition coefficient (Wildman–Crippen LogP) is 5.76. The van der Waals surface area contributed by atoms with Crippen LogP contribution in [0.15, 0.2) is 12.7 Å². The largest absolute Gasteiger partial charge is 0.479 e. The maximum Gasteiger partial charge on any atom is 0.245 e. The highest BCUT2D eigenvalue weighted by atomic mass is 28.4. The Hall–Kier alpha value is -1.47. The smallest absolute Gasteiger partial charge is 0.245 e. The molecule has 0 N–H and O–H groups in total. The first kappa shape index (κ1) is 22.8. The van der Waals surface area contributed by atoms with E-state index >= 15 is 0 Å². The Kier molecular flexibility index (Phi) is 7.62. The zero-order valence-corrected chi connectivity index (χ0v) is 20.0. The second kappa shape index (κ2) is 9.35. The molecule has 0 saturated carbocycles. The van der Waals surface area contributed by atoms with Crippen molar-refractivity contribution in [3.8, 4) is 5.88 Å². The Bertz CT molecular complexity index is 754. The first-order valence-corrected chi connectivity index (χ1v) is 13.4. The molecule has 0 aromatic carbocycles. The number of aromatic nitrogens is 4. The maximum atomic E-state index is 6.89. The van der Waals surface area contributed by atoms with Gasteiger partial charge in [0.1, 0.15) is 6.33 Å². The lowest BCUT2D eigenvalue weighted by atomic mass is 10.0. The normalized spacial score (nSPS) is 15.0. The van der Waals surface area contributed by atoms with E-state index in [-0.39, 0.29) is 17.2 Å². The van der Waals surface area contributed by atoms with Crippen LogP contribution >= 0.6 is 0 Å². The fraction of sp³-hybridized carbons (Fsp3) is 0.762. The molecule has 2 aromatic rings. The zero-order chi connectivity index (χ0) is 20.9. The van der Waals surface area contributed by atoms with Crippen molar-refractivity contribution >= 4 is 19.5 Å². The standard InChI is InChI=1S/C21H38N4O2Si/c1-9-10-11-12-13-17(27-28(7,8)21(3,4)5)16(2)25-15-24-18-19(25)22-14-23-20(18)26-6/h14-17H,9-13H2,1-8H3/t16-,17+/m0/s1. The summed E-state index contributed by atoms with van der Waals surface area (Å²) in [5, 5.41) is 0.177. The van der Waals surface area contributed by atoms with Gasteiger partial charge in [0.25, 0.3) is 0 Å². The fourth-order valence-electron chi connectivity index (χ4n) is 3.18. The Morgan fingerprint density at radius 3 is 2.43 bits per heavy atom. The highest BCUT2D eigenvalue weighted by Gasteiger charge is 2.40. The van der Waals surface area contributed by atoms with Gasteiger partial charge >= 0.3 is 0 Å². The van der Waals surface area contributed by atoms with Gasteiger partial charge in [-0.1, -0.05) is 53.4 Å². The summed E-state index contributed by atoms with van der Waals surface area (Å²) in [6, 6.07) is 0.139. The highest BCUT2D eigenvalue weighted by molar-refractivity contribution is 6.74. The Balaban J connectivity index is 2.31. The lowest BCUT2D eigenvalue weighted by Crippen LogP contribution is -2.45. The van der Waals surface area contributed by atoms with E-state index in [1.165, 1.54) is 32.0 Å². The van der Waals surface area contributed by atoms with Crippen LogP contribution in [-0.4, -0.2) is 41.1 Å². The lowest BCUT2D eigenvalue weighted by molar-refractivity contribution is 0.118. The van der Waals surface area contributed by atoms with Crippen molar-refractivity contribution in [3.05, 3.63) is 12.7 Å². The molecule has 6 nitrogen and oxygen atoms in total. The van der Waals surface area contributed by atoms with Crippen molar-refractivity contribution in [3.63, 3.8) is 0 Å². The van der Waals surface area contributed by atoms with Gasteiger partial charge in [0.2, 0.25) is 5.88 Å². The molecule has 0 unspecified atom stereocenters. The molecule has 0 aliphatic rings. The van der Waals surface area contributed by atoms with Crippen LogP contribution in [-0.2, 0) is 4.43 Å². The van der Waals surface area contributed by atoms with Crippen LogP contribution in [0.1, 0.15) is 72.8 Å². The van der Waals surface area contributed by atoms with Gasteiger partial charge in [-0.2, -0.15) is 4.98 Å². The number of imidazole rings is 1. The van der Waals surface area contributed by atoms with Crippen LogP contribution in [0, 0.1) is 0 Å². The second-order valence-electron chi connectivity index (χ2n) is 9.21. The van der Waals surface area contributed by atoms with Crippen molar-refractivity contribution in [2.45, 2.75) is 97.0 Å². The van der Waals surface area contributed by atoms with Gasteiger partial charge in [-0.15, -0.1) is 0 Å². The topological polar surface area (TPSA) is 62.1 Å². The summed E-state index contributed by atoms with van der Waals surface area (Å²) in [5.74, 6) is 0.515. The molecule has 2 heterocycles. The Labute approximate surface area is 171 Å². The average molecular weight is 407 g/mol. The van der Waals surface area contributed by atoms with Crippen LogP contribution in [0.25, 0.3) is 11.2 Å². The SMILES string of the molecule is CCCCCC[C@@H](O[Si](C)(C)C(C)(C)C)[C@H](C)n1cnc2c(OC)ncnc21. The summed E-state index contributed by atoms with van der Waals surface area (Å²) in [7, 11) is -0.276. The predicted molar refractivity (Wildman–Crippen MR) is 117 cm³/mol. The third-order valence-corrected chi connectivity index (χ3v) is 10.6. The minimum atomic E-state index is -1.89. The van der Waals surface area contributed by atoms with E-state index in [0.717, 1.165) is 12.1 Å². The summed E-state index contributed by atoms with van der Waals surface area (Å²) >= 11 is 0. The molecular formula is C21H38N4O2Si. The number of methoxy groups -OCH3 is 1. The molecule has 0 aliphatic heterocycles. The Morgan fingerprint density at radius 2 is 1.82 bits per heavy atom. The summed E-state index contributed by atoms with van der Waals surface area (Å²) < 4.78 is 14.4. The summed E-state index contributed by atoms with van der Waals surface area (Å²) in [4.78, 5) is 13.2. The molecule has 0 bridgehead atoms. The van der Waals surface area contributed by atoms with Gasteiger partial charge in [0.05, 0.1) is 25.6 Å². The second-order valence-corrected chi connectivity index (χ2v) is 14.0. The fourth-order valence-corrected chi connectivity index (χ4v) is 4.61. The molecule has 28 heavy (non-hydrogen) atoms. The number of hydrogen-bond acceptors (Lipinski definition) is 5. The molecule has 0 radical (unpaired) electrons. The minimum Gasteiger partial charge on any atom is -0.479 e. The van der Waals surface area contributed by atoms with E-state index in [0.29, 0.717) is 11.4 Å². The van der Waals surface area contributed by atoms with E-state index in [4.69, 9.17) is 9.16 Å². The van der Waals surface area contributed by atoms with Crippen LogP contribution in [0.2, 0.25) is 18.1 Å². The van der Waals surface area contributed by atoms with Gasteiger partial charge in [0, 0.05) is 0 Å². The maximum absolute atomic E-state index is 6.89. The van der Waals surface area contributed by atoms with Gasteiger partial charge in [-0.05, 0) is 31.5 Å². The third kappa shape index (κ3) is 5.11. The van der Waals surface area contributed by atoms with Crippen molar-refractivity contribution in [1.29, 1.82) is 0 Å². The molecular weight excluding hydrogens is 368 g/mol. The monoisotopic (exact) mass is 406 g/mol. The molecule has 0 saturated heterocycles. The number of ether oxygens (including phenoxy) is 1. The van der Waals surface area contributed by atoms with Crippen LogP contribution < -0.4 is 4.74 Å². The lowest BCUT2D eigenvalue weighted by Gasteiger charge is -2.41. The van der Waals surface area contributed by atoms with Crippen LogP contribution in [0.4, 0.5) is 0 Å².